The van der Waals surface area contributed by atoms with Crippen molar-refractivity contribution < 1.29 is 28.3 Å². The van der Waals surface area contributed by atoms with Crippen molar-refractivity contribution in [3.8, 4) is 11.1 Å². The van der Waals surface area contributed by atoms with E-state index in [-0.39, 0.29) is 31.5 Å². The van der Waals surface area contributed by atoms with Crippen LogP contribution in [0.1, 0.15) is 243 Å². The summed E-state index contributed by atoms with van der Waals surface area (Å²) in [5.74, 6) is -0.275. The second kappa shape index (κ2) is 37.3. The molecular weight excluding hydrogens is 816 g/mol. The average Bonchev–Trinajstić information content (AvgIpc) is 3.62. The SMILES string of the molecule is CCCCCCCCCCCCCCCCCCN(CCCCCCCCCCCCCCCCCC)C(=O)C(CCO[P+](=O)O)NC(=O)OCC1c2ccccc2-c2ccccc21. The van der Waals surface area contributed by atoms with Crippen molar-refractivity contribution in [2.45, 2.75) is 238 Å². The maximum absolute atomic E-state index is 14.3. The maximum Gasteiger partial charge on any atom is 0.694 e. The lowest BCUT2D eigenvalue weighted by Gasteiger charge is -2.28. The minimum Gasteiger partial charge on any atom is -0.449 e. The molecule has 2 amide bonds. The molecule has 1 aliphatic rings. The highest BCUT2D eigenvalue weighted by Gasteiger charge is 2.31. The van der Waals surface area contributed by atoms with Gasteiger partial charge in [-0.15, -0.1) is 9.42 Å². The van der Waals surface area contributed by atoms with Crippen LogP contribution < -0.4 is 5.32 Å². The number of hydrogen-bond acceptors (Lipinski definition) is 5. The highest BCUT2D eigenvalue weighted by Crippen LogP contribution is 2.44. The van der Waals surface area contributed by atoms with Crippen LogP contribution in [-0.2, 0) is 18.6 Å². The summed E-state index contributed by atoms with van der Waals surface area (Å²) in [6.45, 7) is 5.83. The summed E-state index contributed by atoms with van der Waals surface area (Å²) in [6, 6.07) is 15.5. The molecule has 2 atom stereocenters. The van der Waals surface area contributed by atoms with Gasteiger partial charge in [0.2, 0.25) is 5.91 Å². The van der Waals surface area contributed by atoms with E-state index >= 15 is 0 Å². The molecular formula is C55H92N2O6P+. The van der Waals surface area contributed by atoms with Crippen molar-refractivity contribution in [3.63, 3.8) is 0 Å². The quantitative estimate of drug-likeness (QED) is 0.0508. The third kappa shape index (κ3) is 24.6. The lowest BCUT2D eigenvalue weighted by molar-refractivity contribution is -0.134. The second-order valence-electron chi connectivity index (χ2n) is 18.8. The molecule has 64 heavy (non-hydrogen) atoms. The van der Waals surface area contributed by atoms with Gasteiger partial charge in [0, 0.05) is 30.0 Å². The van der Waals surface area contributed by atoms with Crippen LogP contribution in [0.2, 0.25) is 0 Å². The second-order valence-corrected chi connectivity index (χ2v) is 19.5. The molecule has 3 rings (SSSR count). The van der Waals surface area contributed by atoms with Crippen LogP contribution in [0.3, 0.4) is 0 Å². The van der Waals surface area contributed by atoms with Crippen molar-refractivity contribution in [3.05, 3.63) is 59.7 Å². The molecule has 0 fully saturated rings. The van der Waals surface area contributed by atoms with E-state index in [0.29, 0.717) is 13.1 Å². The predicted molar refractivity (Wildman–Crippen MR) is 268 cm³/mol. The van der Waals surface area contributed by atoms with Crippen molar-refractivity contribution in [1.29, 1.82) is 0 Å². The number of alkyl carbamates (subject to hydrolysis) is 1. The Kier molecular flexibility index (Phi) is 32.4. The van der Waals surface area contributed by atoms with Crippen molar-refractivity contribution >= 4 is 20.3 Å². The smallest absolute Gasteiger partial charge is 0.449 e. The number of amides is 2. The van der Waals surface area contributed by atoms with Crippen LogP contribution in [0.5, 0.6) is 0 Å². The topological polar surface area (TPSA) is 105 Å². The molecule has 2 N–H and O–H groups in total. The first-order valence-electron chi connectivity index (χ1n) is 26.7. The van der Waals surface area contributed by atoms with Gasteiger partial charge in [0.25, 0.3) is 0 Å². The number of hydrogen-bond donors (Lipinski definition) is 2. The Morgan fingerprint density at radius 2 is 0.906 bits per heavy atom. The number of fused-ring (bicyclic) bond motifs is 3. The van der Waals surface area contributed by atoms with Crippen molar-refractivity contribution in [2.24, 2.45) is 0 Å². The Balaban J connectivity index is 1.45. The Labute approximate surface area is 392 Å². The summed E-state index contributed by atoms with van der Waals surface area (Å²) in [5.41, 5.74) is 4.53. The van der Waals surface area contributed by atoms with Gasteiger partial charge >= 0.3 is 14.3 Å². The fourth-order valence-corrected chi connectivity index (χ4v) is 9.80. The van der Waals surface area contributed by atoms with E-state index in [1.807, 2.05) is 29.2 Å². The number of carbonyl (C=O) groups is 2. The highest BCUT2D eigenvalue weighted by atomic mass is 31.1. The van der Waals surface area contributed by atoms with E-state index in [1.54, 1.807) is 0 Å². The number of rotatable bonds is 42. The third-order valence-electron chi connectivity index (χ3n) is 13.4. The maximum atomic E-state index is 14.3. The monoisotopic (exact) mass is 908 g/mol. The molecule has 0 saturated heterocycles. The molecule has 2 aromatic carbocycles. The van der Waals surface area contributed by atoms with E-state index in [9.17, 15) is 19.0 Å². The van der Waals surface area contributed by atoms with Crippen LogP contribution in [0.4, 0.5) is 4.79 Å². The standard InChI is InChI=1S/C55H91N2O6P/c1-3-5-7-9-11-13-15-17-19-21-23-25-27-29-31-37-44-57(45-38-32-30-28-26-24-22-20-18-16-14-12-10-8-6-4-2)54(58)53(43-46-63-64(60)61)56-55(59)62-47-52-50-41-35-33-39-48(50)49-40-34-36-42-51(49)52/h33-36,39-42,52-53H,3-32,37-38,43-47H2,1-2H3,(H-,56,59,60,61)/p+1. The van der Waals surface area contributed by atoms with E-state index in [4.69, 9.17) is 9.26 Å². The van der Waals surface area contributed by atoms with E-state index in [2.05, 4.69) is 43.4 Å². The van der Waals surface area contributed by atoms with E-state index in [1.165, 1.54) is 167 Å². The Morgan fingerprint density at radius 3 is 1.27 bits per heavy atom. The summed E-state index contributed by atoms with van der Waals surface area (Å²) in [4.78, 5) is 39.0. The van der Waals surface area contributed by atoms with Gasteiger partial charge in [-0.25, -0.2) is 4.79 Å². The lowest BCUT2D eigenvalue weighted by Crippen LogP contribution is -2.50. The molecule has 362 valence electrons. The number of carbonyl (C=O) groups excluding carboxylic acids is 2. The summed E-state index contributed by atoms with van der Waals surface area (Å²) in [7, 11) is -2.82. The minimum atomic E-state index is -2.82. The molecule has 0 aromatic heterocycles. The Bertz CT molecular complexity index is 1420. The Hall–Kier alpha value is -2.80. The van der Waals surface area contributed by atoms with Gasteiger partial charge in [-0.05, 0) is 35.1 Å². The molecule has 0 heterocycles. The summed E-state index contributed by atoms with van der Waals surface area (Å²) < 4.78 is 22.3. The summed E-state index contributed by atoms with van der Waals surface area (Å²) in [6.07, 6.45) is 40.9. The summed E-state index contributed by atoms with van der Waals surface area (Å²) in [5, 5.41) is 2.85. The van der Waals surface area contributed by atoms with Crippen molar-refractivity contribution in [2.75, 3.05) is 26.3 Å². The van der Waals surface area contributed by atoms with Gasteiger partial charge in [-0.2, -0.15) is 0 Å². The van der Waals surface area contributed by atoms with Crippen molar-refractivity contribution in [1.82, 2.24) is 10.2 Å². The van der Waals surface area contributed by atoms with Crippen LogP contribution >= 0.6 is 8.25 Å². The molecule has 9 heteroatoms. The van der Waals surface area contributed by atoms with Gasteiger partial charge in [-0.1, -0.05) is 255 Å². The number of unbranched alkanes of at least 4 members (excludes halogenated alkanes) is 30. The fraction of sp³-hybridized carbons (Fsp3) is 0.745. The number of benzene rings is 2. The zero-order chi connectivity index (χ0) is 45.7. The fourth-order valence-electron chi connectivity index (χ4n) is 9.54. The van der Waals surface area contributed by atoms with Crippen LogP contribution in [-0.4, -0.2) is 54.1 Å². The lowest BCUT2D eigenvalue weighted by atomic mass is 9.98. The first-order chi connectivity index (χ1) is 31.5. The first kappa shape index (κ1) is 55.5. The van der Waals surface area contributed by atoms with Gasteiger partial charge < -0.3 is 15.0 Å². The van der Waals surface area contributed by atoms with Gasteiger partial charge in [0.05, 0.1) is 0 Å². The molecule has 2 aromatic rings. The zero-order valence-corrected chi connectivity index (χ0v) is 41.7. The van der Waals surface area contributed by atoms with Gasteiger partial charge in [-0.3, -0.25) is 4.79 Å². The largest absolute Gasteiger partial charge is 0.694 e. The molecule has 1 aliphatic carbocycles. The van der Waals surface area contributed by atoms with E-state index < -0.39 is 20.4 Å². The van der Waals surface area contributed by atoms with Crippen LogP contribution in [0.15, 0.2) is 48.5 Å². The molecule has 0 radical (unpaired) electrons. The predicted octanol–water partition coefficient (Wildman–Crippen LogP) is 16.3. The summed E-state index contributed by atoms with van der Waals surface area (Å²) >= 11 is 0. The molecule has 0 bridgehead atoms. The van der Waals surface area contributed by atoms with E-state index in [0.717, 1.165) is 60.8 Å². The third-order valence-corrected chi connectivity index (χ3v) is 13.8. The Morgan fingerprint density at radius 1 is 0.562 bits per heavy atom. The van der Waals surface area contributed by atoms with Gasteiger partial charge in [0.1, 0.15) is 19.3 Å². The van der Waals surface area contributed by atoms with Gasteiger partial charge in [0.15, 0.2) is 0 Å². The molecule has 2 unspecified atom stereocenters. The molecule has 8 nitrogen and oxygen atoms in total. The number of nitrogens with one attached hydrogen (secondary N) is 1. The molecule has 0 aliphatic heterocycles. The first-order valence-corrected chi connectivity index (χ1v) is 27.8. The van der Waals surface area contributed by atoms with Crippen LogP contribution in [0.25, 0.3) is 11.1 Å². The highest BCUT2D eigenvalue weighted by molar-refractivity contribution is 7.32. The number of ether oxygens (including phenoxy) is 1. The minimum absolute atomic E-state index is 0.0824. The van der Waals surface area contributed by atoms with Crippen LogP contribution in [0, 0.1) is 0 Å². The normalized spacial score (nSPS) is 12.8. The molecule has 0 saturated carbocycles. The zero-order valence-electron chi connectivity index (χ0n) is 40.8. The molecule has 0 spiro atoms. The average molecular weight is 908 g/mol. The number of nitrogens with zero attached hydrogens (tertiary/aromatic N) is 1.